The molecule has 1 aliphatic heterocycles. The molecule has 1 aliphatic rings. The molecule has 0 saturated carbocycles. The summed E-state index contributed by atoms with van der Waals surface area (Å²) in [4.78, 5) is 2.61. The zero-order chi connectivity index (χ0) is 18.4. The highest BCUT2D eigenvalue weighted by atomic mass is 32.2. The van der Waals surface area contributed by atoms with E-state index in [1.807, 2.05) is 13.0 Å². The molecule has 0 amide bonds. The van der Waals surface area contributed by atoms with Crippen molar-refractivity contribution in [3.05, 3.63) is 77.4 Å². The molecule has 0 radical (unpaired) electrons. The Kier molecular flexibility index (Phi) is 6.25. The van der Waals surface area contributed by atoms with Crippen molar-refractivity contribution in [2.24, 2.45) is 0 Å². The first-order chi connectivity index (χ1) is 12.5. The van der Waals surface area contributed by atoms with Gasteiger partial charge < -0.3 is 0 Å². The standard InChI is InChI=1S/C21H25NO3S/c1-18-7-9-21(10-8-18)26(23,24)25-16-13-19-11-14-22(15-12-19)17-20-5-3-2-4-6-20/h2-11H,12-17H2,1H3. The molecule has 0 bridgehead atoms. The molecule has 1 heterocycles. The van der Waals surface area contributed by atoms with E-state index in [1.165, 1.54) is 11.1 Å². The van der Waals surface area contributed by atoms with Gasteiger partial charge in [-0.3, -0.25) is 9.08 Å². The second-order valence-corrected chi connectivity index (χ2v) is 8.29. The first kappa shape index (κ1) is 18.8. The summed E-state index contributed by atoms with van der Waals surface area (Å²) in [6.45, 7) is 4.96. The smallest absolute Gasteiger partial charge is 0.295 e. The van der Waals surface area contributed by atoms with E-state index >= 15 is 0 Å². The van der Waals surface area contributed by atoms with Gasteiger partial charge in [-0.15, -0.1) is 0 Å². The third-order valence-corrected chi connectivity index (χ3v) is 5.93. The lowest BCUT2D eigenvalue weighted by atomic mass is 10.0. The van der Waals surface area contributed by atoms with E-state index in [0.717, 1.165) is 31.6 Å². The number of hydrogen-bond acceptors (Lipinski definition) is 4. The quantitative estimate of drug-likeness (QED) is 0.547. The molecule has 0 saturated heterocycles. The van der Waals surface area contributed by atoms with Crippen LogP contribution in [0.4, 0.5) is 0 Å². The van der Waals surface area contributed by atoms with Gasteiger partial charge in [0.15, 0.2) is 0 Å². The Balaban J connectivity index is 1.46. The van der Waals surface area contributed by atoms with Crippen molar-refractivity contribution in [2.75, 3.05) is 19.7 Å². The highest BCUT2D eigenvalue weighted by molar-refractivity contribution is 7.86. The Morgan fingerprint density at radius 2 is 1.77 bits per heavy atom. The van der Waals surface area contributed by atoms with Gasteiger partial charge in [-0.2, -0.15) is 8.42 Å². The summed E-state index contributed by atoms with van der Waals surface area (Å²) < 4.78 is 29.6. The number of benzene rings is 2. The normalized spacial score (nSPS) is 15.7. The summed E-state index contributed by atoms with van der Waals surface area (Å²) in [7, 11) is -3.67. The van der Waals surface area contributed by atoms with Crippen LogP contribution in [0.2, 0.25) is 0 Å². The van der Waals surface area contributed by atoms with Gasteiger partial charge >= 0.3 is 0 Å². The first-order valence-corrected chi connectivity index (χ1v) is 10.3. The van der Waals surface area contributed by atoms with Crippen LogP contribution in [0.25, 0.3) is 0 Å². The Hall–Kier alpha value is -1.95. The Morgan fingerprint density at radius 1 is 1.04 bits per heavy atom. The van der Waals surface area contributed by atoms with Gasteiger partial charge in [0.1, 0.15) is 0 Å². The van der Waals surface area contributed by atoms with E-state index < -0.39 is 10.1 Å². The zero-order valence-corrected chi connectivity index (χ0v) is 15.9. The molecule has 2 aromatic rings. The summed E-state index contributed by atoms with van der Waals surface area (Å²) >= 11 is 0. The van der Waals surface area contributed by atoms with Gasteiger partial charge in [0, 0.05) is 19.6 Å². The molecule has 0 unspecified atom stereocenters. The van der Waals surface area contributed by atoms with Crippen molar-refractivity contribution >= 4 is 10.1 Å². The van der Waals surface area contributed by atoms with E-state index in [1.54, 1.807) is 24.3 Å². The van der Waals surface area contributed by atoms with E-state index in [9.17, 15) is 8.42 Å². The largest absolute Gasteiger partial charge is 0.296 e. The van der Waals surface area contributed by atoms with Crippen molar-refractivity contribution < 1.29 is 12.6 Å². The number of rotatable bonds is 7. The maximum Gasteiger partial charge on any atom is 0.296 e. The molecule has 0 aromatic heterocycles. The second-order valence-electron chi connectivity index (χ2n) is 6.67. The van der Waals surface area contributed by atoms with Crippen LogP contribution in [0.15, 0.2) is 71.1 Å². The van der Waals surface area contributed by atoms with Crippen LogP contribution in [0.1, 0.15) is 24.0 Å². The fourth-order valence-corrected chi connectivity index (χ4v) is 3.93. The fraction of sp³-hybridized carbons (Fsp3) is 0.333. The third-order valence-electron chi connectivity index (χ3n) is 4.61. The van der Waals surface area contributed by atoms with Gasteiger partial charge in [-0.1, -0.05) is 59.7 Å². The number of nitrogens with zero attached hydrogens (tertiary/aromatic N) is 1. The van der Waals surface area contributed by atoms with Crippen LogP contribution in [-0.4, -0.2) is 33.0 Å². The predicted molar refractivity (Wildman–Crippen MR) is 103 cm³/mol. The van der Waals surface area contributed by atoms with Crippen molar-refractivity contribution in [3.63, 3.8) is 0 Å². The summed E-state index contributed by atoms with van der Waals surface area (Å²) in [5.74, 6) is 0. The van der Waals surface area contributed by atoms with E-state index in [4.69, 9.17) is 4.18 Å². The monoisotopic (exact) mass is 371 g/mol. The molecular formula is C21H25NO3S. The van der Waals surface area contributed by atoms with Crippen LogP contribution in [0, 0.1) is 6.92 Å². The van der Waals surface area contributed by atoms with Crippen molar-refractivity contribution in [1.29, 1.82) is 0 Å². The lowest BCUT2D eigenvalue weighted by molar-refractivity contribution is 0.276. The van der Waals surface area contributed by atoms with Crippen LogP contribution in [-0.2, 0) is 20.8 Å². The maximum atomic E-state index is 12.2. The lowest BCUT2D eigenvalue weighted by Crippen LogP contribution is -2.28. The third kappa shape index (κ3) is 5.27. The Morgan fingerprint density at radius 3 is 2.42 bits per heavy atom. The Bertz CT molecular complexity index is 843. The molecule has 3 rings (SSSR count). The summed E-state index contributed by atoms with van der Waals surface area (Å²) in [5.41, 5.74) is 3.61. The molecule has 0 N–H and O–H groups in total. The van der Waals surface area contributed by atoms with E-state index in [-0.39, 0.29) is 11.5 Å². The van der Waals surface area contributed by atoms with E-state index in [0.29, 0.717) is 6.42 Å². The minimum atomic E-state index is -3.67. The van der Waals surface area contributed by atoms with Gasteiger partial charge in [0.25, 0.3) is 10.1 Å². The minimum absolute atomic E-state index is 0.195. The predicted octanol–water partition coefficient (Wildman–Crippen LogP) is 3.92. The van der Waals surface area contributed by atoms with Crippen LogP contribution in [0.5, 0.6) is 0 Å². The first-order valence-electron chi connectivity index (χ1n) is 8.93. The van der Waals surface area contributed by atoms with E-state index in [2.05, 4.69) is 35.2 Å². The van der Waals surface area contributed by atoms with Crippen molar-refractivity contribution in [2.45, 2.75) is 31.2 Å². The van der Waals surface area contributed by atoms with Crippen molar-refractivity contribution in [1.82, 2.24) is 4.90 Å². The van der Waals surface area contributed by atoms with Gasteiger partial charge in [-0.05, 0) is 37.5 Å². The maximum absolute atomic E-state index is 12.2. The van der Waals surface area contributed by atoms with Crippen LogP contribution < -0.4 is 0 Å². The number of hydrogen-bond donors (Lipinski definition) is 0. The SMILES string of the molecule is Cc1ccc(S(=O)(=O)OCCC2=CCN(Cc3ccccc3)CC2)cc1. The molecule has 4 nitrogen and oxygen atoms in total. The average molecular weight is 372 g/mol. The second kappa shape index (κ2) is 8.62. The summed E-state index contributed by atoms with van der Waals surface area (Å²) in [6, 6.07) is 17.2. The molecule has 26 heavy (non-hydrogen) atoms. The van der Waals surface area contributed by atoms with Crippen molar-refractivity contribution in [3.8, 4) is 0 Å². The van der Waals surface area contributed by atoms with Gasteiger partial charge in [-0.25, -0.2) is 0 Å². The lowest BCUT2D eigenvalue weighted by Gasteiger charge is -2.26. The highest BCUT2D eigenvalue weighted by Crippen LogP contribution is 2.18. The highest BCUT2D eigenvalue weighted by Gasteiger charge is 2.16. The topological polar surface area (TPSA) is 46.6 Å². The molecule has 0 fully saturated rings. The summed E-state index contributed by atoms with van der Waals surface area (Å²) in [6.07, 6.45) is 3.82. The average Bonchev–Trinajstić information content (AvgIpc) is 2.64. The van der Waals surface area contributed by atoms with Gasteiger partial charge in [0.2, 0.25) is 0 Å². The zero-order valence-electron chi connectivity index (χ0n) is 15.1. The number of aryl methyl sites for hydroxylation is 1. The molecule has 2 aromatic carbocycles. The van der Waals surface area contributed by atoms with Gasteiger partial charge in [0.05, 0.1) is 11.5 Å². The molecule has 0 spiro atoms. The minimum Gasteiger partial charge on any atom is -0.295 e. The van der Waals surface area contributed by atoms with Crippen LogP contribution in [0.3, 0.4) is 0 Å². The molecule has 0 aliphatic carbocycles. The van der Waals surface area contributed by atoms with Crippen LogP contribution >= 0.6 is 0 Å². The summed E-state index contributed by atoms with van der Waals surface area (Å²) in [5, 5.41) is 0. The Labute approximate surface area is 156 Å². The molecule has 0 atom stereocenters. The molecular weight excluding hydrogens is 346 g/mol. The fourth-order valence-electron chi connectivity index (χ4n) is 3.02. The molecule has 138 valence electrons. The molecule has 5 heteroatoms.